The molecule has 1 amide bonds. The lowest BCUT2D eigenvalue weighted by atomic mass is 9.78. The summed E-state index contributed by atoms with van der Waals surface area (Å²) in [6, 6.07) is 5.58. The van der Waals surface area contributed by atoms with Gasteiger partial charge in [-0.05, 0) is 43.5 Å². The highest BCUT2D eigenvalue weighted by molar-refractivity contribution is 7.89. The fourth-order valence-corrected chi connectivity index (χ4v) is 3.93. The maximum atomic E-state index is 12.1. The zero-order chi connectivity index (χ0) is 19.3. The van der Waals surface area contributed by atoms with Gasteiger partial charge < -0.3 is 10.1 Å². The molecule has 0 aliphatic heterocycles. The van der Waals surface area contributed by atoms with E-state index >= 15 is 0 Å². The van der Waals surface area contributed by atoms with E-state index < -0.39 is 16.0 Å². The Kier molecular flexibility index (Phi) is 6.77. The van der Waals surface area contributed by atoms with Crippen LogP contribution in [0.5, 0.6) is 0 Å². The summed E-state index contributed by atoms with van der Waals surface area (Å²) in [5.41, 5.74) is 0.0776. The largest absolute Gasteiger partial charge is 0.452 e. The van der Waals surface area contributed by atoms with Gasteiger partial charge in [-0.1, -0.05) is 32.8 Å². The van der Waals surface area contributed by atoms with Crippen molar-refractivity contribution < 1.29 is 22.7 Å². The third kappa shape index (κ3) is 5.04. The van der Waals surface area contributed by atoms with Crippen LogP contribution in [-0.2, 0) is 19.6 Å². The Labute approximate surface area is 154 Å². The third-order valence-electron chi connectivity index (χ3n) is 5.04. The molecular weight excluding hydrogens is 356 g/mol. The maximum Gasteiger partial charge on any atom is 0.338 e. The van der Waals surface area contributed by atoms with Gasteiger partial charge in [0.25, 0.3) is 5.91 Å². The Morgan fingerprint density at radius 3 is 2.65 bits per heavy atom. The molecule has 2 N–H and O–H groups in total. The minimum atomic E-state index is -3.65. The summed E-state index contributed by atoms with van der Waals surface area (Å²) >= 11 is 0. The van der Waals surface area contributed by atoms with Crippen molar-refractivity contribution in [2.75, 3.05) is 13.7 Å². The predicted molar refractivity (Wildman–Crippen MR) is 97.1 cm³/mol. The van der Waals surface area contributed by atoms with Gasteiger partial charge in [-0.15, -0.1) is 0 Å². The number of esters is 1. The van der Waals surface area contributed by atoms with Gasteiger partial charge in [0.2, 0.25) is 10.0 Å². The van der Waals surface area contributed by atoms with Crippen molar-refractivity contribution in [3.05, 3.63) is 29.8 Å². The summed E-state index contributed by atoms with van der Waals surface area (Å²) in [7, 11) is -2.36. The van der Waals surface area contributed by atoms with E-state index in [0.29, 0.717) is 11.8 Å². The summed E-state index contributed by atoms with van der Waals surface area (Å²) in [5, 5.41) is 2.93. The van der Waals surface area contributed by atoms with Crippen molar-refractivity contribution in [3.8, 4) is 0 Å². The van der Waals surface area contributed by atoms with Gasteiger partial charge in [-0.25, -0.2) is 17.9 Å². The van der Waals surface area contributed by atoms with Gasteiger partial charge in [0.15, 0.2) is 6.61 Å². The molecule has 7 nitrogen and oxygen atoms in total. The number of hydrogen-bond donors (Lipinski definition) is 2. The number of amides is 1. The topological polar surface area (TPSA) is 102 Å². The highest BCUT2D eigenvalue weighted by Crippen LogP contribution is 2.29. The van der Waals surface area contributed by atoms with E-state index in [1.807, 2.05) is 0 Å². The average molecular weight is 382 g/mol. The highest BCUT2D eigenvalue weighted by atomic mass is 32.2. The number of rotatable bonds is 6. The first kappa shape index (κ1) is 20.4. The fourth-order valence-electron chi connectivity index (χ4n) is 3.16. The fraction of sp³-hybridized carbons (Fsp3) is 0.556. The van der Waals surface area contributed by atoms with Crippen molar-refractivity contribution in [1.29, 1.82) is 0 Å². The number of nitrogens with one attached hydrogen (secondary N) is 2. The summed E-state index contributed by atoms with van der Waals surface area (Å²) < 4.78 is 30.8. The van der Waals surface area contributed by atoms with Crippen LogP contribution >= 0.6 is 0 Å². The van der Waals surface area contributed by atoms with Crippen LogP contribution < -0.4 is 10.0 Å². The predicted octanol–water partition coefficient (Wildman–Crippen LogP) is 1.69. The second kappa shape index (κ2) is 8.64. The number of ether oxygens (including phenoxy) is 1. The number of carbonyl (C=O) groups excluding carboxylic acids is 2. The molecule has 0 unspecified atom stereocenters. The Morgan fingerprint density at radius 2 is 1.96 bits per heavy atom. The van der Waals surface area contributed by atoms with Crippen molar-refractivity contribution in [2.45, 2.75) is 44.0 Å². The SMILES string of the molecule is CNS(=O)(=O)c1cccc(C(=O)OCC(=O)N[C@@H]2CCC[C@H](C)[C@H]2C)c1. The average Bonchev–Trinajstić information content (AvgIpc) is 2.63. The van der Waals surface area contributed by atoms with Gasteiger partial charge in [-0.3, -0.25) is 4.79 Å². The standard InChI is InChI=1S/C18H26N2O5S/c1-12-6-4-9-16(13(12)2)20-17(21)11-25-18(22)14-7-5-8-15(10-14)26(23,24)19-3/h5,7-8,10,12-13,16,19H,4,6,9,11H2,1-3H3,(H,20,21)/t12-,13+,16+/m0/s1. The van der Waals surface area contributed by atoms with Crippen molar-refractivity contribution in [2.24, 2.45) is 11.8 Å². The molecule has 0 bridgehead atoms. The molecule has 0 spiro atoms. The van der Waals surface area contributed by atoms with Gasteiger partial charge >= 0.3 is 5.97 Å². The zero-order valence-corrected chi connectivity index (χ0v) is 16.1. The summed E-state index contributed by atoms with van der Waals surface area (Å²) in [5.74, 6) is -0.151. The van der Waals surface area contributed by atoms with E-state index in [-0.39, 0.29) is 29.0 Å². The van der Waals surface area contributed by atoms with Gasteiger partial charge in [-0.2, -0.15) is 0 Å². The minimum Gasteiger partial charge on any atom is -0.452 e. The van der Waals surface area contributed by atoms with Gasteiger partial charge in [0.05, 0.1) is 10.5 Å². The second-order valence-electron chi connectivity index (χ2n) is 6.75. The molecule has 2 rings (SSSR count). The van der Waals surface area contributed by atoms with Crippen LogP contribution in [0, 0.1) is 11.8 Å². The number of benzene rings is 1. The summed E-state index contributed by atoms with van der Waals surface area (Å²) in [6.45, 7) is 3.91. The lowest BCUT2D eigenvalue weighted by Crippen LogP contribution is -2.45. The maximum absolute atomic E-state index is 12.1. The van der Waals surface area contributed by atoms with Gasteiger partial charge in [0.1, 0.15) is 0 Å². The van der Waals surface area contributed by atoms with Crippen LogP contribution in [0.2, 0.25) is 0 Å². The van der Waals surface area contributed by atoms with E-state index in [9.17, 15) is 18.0 Å². The molecular formula is C18H26N2O5S. The van der Waals surface area contributed by atoms with Crippen LogP contribution in [0.25, 0.3) is 0 Å². The quantitative estimate of drug-likeness (QED) is 0.729. The molecule has 3 atom stereocenters. The Hall–Kier alpha value is -1.93. The van der Waals surface area contributed by atoms with Crippen molar-refractivity contribution >= 4 is 21.9 Å². The van der Waals surface area contributed by atoms with E-state index in [4.69, 9.17) is 4.74 Å². The molecule has 1 aromatic rings. The Morgan fingerprint density at radius 1 is 1.23 bits per heavy atom. The van der Waals surface area contributed by atoms with Gasteiger partial charge in [0, 0.05) is 6.04 Å². The van der Waals surface area contributed by atoms with Crippen molar-refractivity contribution in [3.63, 3.8) is 0 Å². The lowest BCUT2D eigenvalue weighted by Gasteiger charge is -2.34. The van der Waals surface area contributed by atoms with E-state index in [1.165, 1.54) is 31.3 Å². The zero-order valence-electron chi connectivity index (χ0n) is 15.3. The van der Waals surface area contributed by atoms with Crippen LogP contribution in [-0.4, -0.2) is 40.0 Å². The van der Waals surface area contributed by atoms with E-state index in [1.54, 1.807) is 0 Å². The molecule has 0 radical (unpaired) electrons. The van der Waals surface area contributed by atoms with Crippen LogP contribution in [0.15, 0.2) is 29.2 Å². The molecule has 1 aliphatic rings. The van der Waals surface area contributed by atoms with Crippen LogP contribution in [0.1, 0.15) is 43.5 Å². The lowest BCUT2D eigenvalue weighted by molar-refractivity contribution is -0.125. The third-order valence-corrected chi connectivity index (χ3v) is 6.45. The highest BCUT2D eigenvalue weighted by Gasteiger charge is 2.28. The van der Waals surface area contributed by atoms with Crippen LogP contribution in [0.3, 0.4) is 0 Å². The molecule has 1 saturated carbocycles. The van der Waals surface area contributed by atoms with Crippen LogP contribution in [0.4, 0.5) is 0 Å². The first-order valence-corrected chi connectivity index (χ1v) is 10.2. The molecule has 0 aromatic heterocycles. The van der Waals surface area contributed by atoms with Crippen molar-refractivity contribution in [1.82, 2.24) is 10.0 Å². The minimum absolute atomic E-state index is 0.0380. The molecule has 0 heterocycles. The number of carbonyl (C=O) groups is 2. The Bertz CT molecular complexity index is 763. The second-order valence-corrected chi connectivity index (χ2v) is 8.64. The molecule has 1 fully saturated rings. The normalized spacial score (nSPS) is 23.3. The van der Waals surface area contributed by atoms with E-state index in [2.05, 4.69) is 23.9 Å². The first-order valence-electron chi connectivity index (χ1n) is 8.74. The molecule has 144 valence electrons. The summed E-state index contributed by atoms with van der Waals surface area (Å²) in [4.78, 5) is 24.1. The molecule has 1 aromatic carbocycles. The number of hydrogen-bond acceptors (Lipinski definition) is 5. The van der Waals surface area contributed by atoms with E-state index in [0.717, 1.165) is 19.3 Å². The molecule has 1 aliphatic carbocycles. The number of sulfonamides is 1. The smallest absolute Gasteiger partial charge is 0.338 e. The monoisotopic (exact) mass is 382 g/mol. The Balaban J connectivity index is 1.92. The summed E-state index contributed by atoms with van der Waals surface area (Å²) in [6.07, 6.45) is 3.16. The first-order chi connectivity index (χ1) is 12.2. The molecule has 26 heavy (non-hydrogen) atoms. The molecule has 0 saturated heterocycles. The molecule has 8 heteroatoms.